The van der Waals surface area contributed by atoms with Gasteiger partial charge in [0.1, 0.15) is 0 Å². The first-order valence-electron chi connectivity index (χ1n) is 13.3. The molecule has 1 aliphatic rings. The molecule has 0 aliphatic heterocycles. The smallest absolute Gasteiger partial charge is 0.0348 e. The summed E-state index contributed by atoms with van der Waals surface area (Å²) in [7, 11) is 0. The van der Waals surface area contributed by atoms with Crippen molar-refractivity contribution in [3.8, 4) is 0 Å². The van der Waals surface area contributed by atoms with Crippen molar-refractivity contribution in [2.75, 3.05) is 0 Å². The lowest BCUT2D eigenvalue weighted by atomic mass is 10.0. The van der Waals surface area contributed by atoms with Gasteiger partial charge in [-0.05, 0) is 25.7 Å². The summed E-state index contributed by atoms with van der Waals surface area (Å²) < 4.78 is 0. The maximum atomic E-state index is 2.31. The Kier molecular flexibility index (Phi) is 21.4. The largest absolute Gasteiger partial charge is 0.0845 e. The van der Waals surface area contributed by atoms with Crippen LogP contribution in [0, 0.1) is 0 Å². The second kappa shape index (κ2) is 24.0. The fourth-order valence-electron chi connectivity index (χ4n) is 4.09. The van der Waals surface area contributed by atoms with Gasteiger partial charge in [0.05, 0.1) is 0 Å². The summed E-state index contributed by atoms with van der Waals surface area (Å²) in [4.78, 5) is 0. The van der Waals surface area contributed by atoms with Gasteiger partial charge in [-0.2, -0.15) is 0 Å². The second-order valence-corrected chi connectivity index (χ2v) is 8.95. The van der Waals surface area contributed by atoms with Crippen LogP contribution in [0.25, 0.3) is 0 Å². The van der Waals surface area contributed by atoms with E-state index in [0.717, 1.165) is 0 Å². The zero-order chi connectivity index (χ0) is 21.2. The Balaban J connectivity index is 2.20. The summed E-state index contributed by atoms with van der Waals surface area (Å²) in [6.45, 7) is 0. The fraction of sp³-hybridized carbons (Fsp3) is 0.667. The first-order valence-corrected chi connectivity index (χ1v) is 13.3. The lowest BCUT2D eigenvalue weighted by molar-refractivity contribution is 0.524. The Bertz CT molecular complexity index is 430. The fourth-order valence-corrected chi connectivity index (χ4v) is 4.09. The van der Waals surface area contributed by atoms with E-state index in [9.17, 15) is 0 Å². The van der Waals surface area contributed by atoms with Crippen LogP contribution in [-0.2, 0) is 0 Å². The Morgan fingerprint density at radius 2 is 0.400 bits per heavy atom. The maximum Gasteiger partial charge on any atom is -0.0348 e. The highest BCUT2D eigenvalue weighted by Gasteiger charge is 1.95. The van der Waals surface area contributed by atoms with E-state index in [-0.39, 0.29) is 0 Å². The zero-order valence-electron chi connectivity index (χ0n) is 19.9. The SMILES string of the molecule is C1=CCCCCCCCCCCCCCCCCCCCC/C=C/C=C/C=C\C=C\1. The van der Waals surface area contributed by atoms with Gasteiger partial charge >= 0.3 is 0 Å². The van der Waals surface area contributed by atoms with Gasteiger partial charge in [0.25, 0.3) is 0 Å². The minimum absolute atomic E-state index is 1.22. The Morgan fingerprint density at radius 3 is 0.667 bits per heavy atom. The number of allylic oxidation sites excluding steroid dienone is 10. The van der Waals surface area contributed by atoms with Gasteiger partial charge in [-0.1, -0.05) is 163 Å². The summed E-state index contributed by atoms with van der Waals surface area (Å²) in [6, 6.07) is 0. The molecule has 0 nitrogen and oxygen atoms in total. The van der Waals surface area contributed by atoms with Crippen molar-refractivity contribution in [1.29, 1.82) is 0 Å². The summed E-state index contributed by atoms with van der Waals surface area (Å²) in [5.41, 5.74) is 0. The molecule has 0 N–H and O–H groups in total. The molecule has 0 aromatic heterocycles. The predicted molar refractivity (Wildman–Crippen MR) is 138 cm³/mol. The van der Waals surface area contributed by atoms with Crippen LogP contribution < -0.4 is 0 Å². The molecule has 0 radical (unpaired) electrons. The molecule has 0 heterocycles. The van der Waals surface area contributed by atoms with E-state index in [1.807, 2.05) is 0 Å². The van der Waals surface area contributed by atoms with Crippen molar-refractivity contribution < 1.29 is 0 Å². The van der Waals surface area contributed by atoms with Gasteiger partial charge in [0.15, 0.2) is 0 Å². The van der Waals surface area contributed by atoms with Crippen LogP contribution in [-0.4, -0.2) is 0 Å². The van der Waals surface area contributed by atoms with Crippen LogP contribution in [0.2, 0.25) is 0 Å². The lowest BCUT2D eigenvalue weighted by Crippen LogP contribution is -1.84. The lowest BCUT2D eigenvalue weighted by Gasteiger charge is -2.04. The van der Waals surface area contributed by atoms with Gasteiger partial charge in [-0.15, -0.1) is 0 Å². The van der Waals surface area contributed by atoms with Crippen molar-refractivity contribution >= 4 is 0 Å². The van der Waals surface area contributed by atoms with E-state index in [0.29, 0.717) is 0 Å². The summed E-state index contributed by atoms with van der Waals surface area (Å²) in [5.74, 6) is 0. The molecular formula is C30H50. The highest BCUT2D eigenvalue weighted by molar-refractivity contribution is 5.17. The van der Waals surface area contributed by atoms with Crippen LogP contribution in [0.5, 0.6) is 0 Å². The molecule has 170 valence electrons. The number of rotatable bonds is 0. The van der Waals surface area contributed by atoms with Gasteiger partial charge in [-0.3, -0.25) is 0 Å². The van der Waals surface area contributed by atoms with Gasteiger partial charge < -0.3 is 0 Å². The second-order valence-electron chi connectivity index (χ2n) is 8.95. The molecule has 1 aliphatic carbocycles. The summed E-state index contributed by atoms with van der Waals surface area (Å²) >= 11 is 0. The molecule has 1 rings (SSSR count). The third-order valence-electron chi connectivity index (χ3n) is 6.04. The summed E-state index contributed by atoms with van der Waals surface area (Å²) in [6.07, 6.45) is 50.0. The normalized spacial score (nSPS) is 25.6. The van der Waals surface area contributed by atoms with Crippen molar-refractivity contribution in [3.05, 3.63) is 60.8 Å². The molecular weight excluding hydrogens is 360 g/mol. The Hall–Kier alpha value is -1.30. The topological polar surface area (TPSA) is 0 Å². The zero-order valence-corrected chi connectivity index (χ0v) is 19.9. The molecule has 0 bridgehead atoms. The molecule has 0 fully saturated rings. The van der Waals surface area contributed by atoms with Crippen LogP contribution in [0.3, 0.4) is 0 Å². The van der Waals surface area contributed by atoms with E-state index in [2.05, 4.69) is 60.8 Å². The quantitative estimate of drug-likeness (QED) is 0.372. The molecule has 30 heavy (non-hydrogen) atoms. The van der Waals surface area contributed by atoms with Crippen LogP contribution >= 0.6 is 0 Å². The van der Waals surface area contributed by atoms with Crippen LogP contribution in [0.4, 0.5) is 0 Å². The van der Waals surface area contributed by atoms with Crippen molar-refractivity contribution in [1.82, 2.24) is 0 Å². The average Bonchev–Trinajstić information content (AvgIpc) is 2.76. The van der Waals surface area contributed by atoms with Crippen LogP contribution in [0.1, 0.15) is 128 Å². The van der Waals surface area contributed by atoms with E-state index in [1.165, 1.54) is 128 Å². The van der Waals surface area contributed by atoms with Crippen molar-refractivity contribution in [2.24, 2.45) is 0 Å². The first-order chi connectivity index (χ1) is 15.0. The Labute approximate surface area is 189 Å². The number of hydrogen-bond acceptors (Lipinski definition) is 0. The van der Waals surface area contributed by atoms with E-state index < -0.39 is 0 Å². The van der Waals surface area contributed by atoms with Crippen molar-refractivity contribution in [2.45, 2.75) is 128 Å². The standard InChI is InChI=1S/C30H50/c1-2-4-6-8-10-12-14-16-18-20-22-24-26-28-30-29-27-25-23-21-19-17-15-13-11-9-7-5-3-1/h1-10H,11-30H2/b2-1-,5-3+,6-4+,9-7+,10-8?. The highest BCUT2D eigenvalue weighted by atomic mass is 14.0. The molecule has 0 saturated heterocycles. The molecule has 0 aromatic rings. The first kappa shape index (κ1) is 26.7. The van der Waals surface area contributed by atoms with Crippen molar-refractivity contribution in [3.63, 3.8) is 0 Å². The molecule has 0 spiro atoms. The van der Waals surface area contributed by atoms with E-state index in [1.54, 1.807) is 0 Å². The Morgan fingerprint density at radius 1 is 0.200 bits per heavy atom. The van der Waals surface area contributed by atoms with E-state index in [4.69, 9.17) is 0 Å². The third kappa shape index (κ3) is 21.4. The van der Waals surface area contributed by atoms with Gasteiger partial charge in [0, 0.05) is 0 Å². The minimum atomic E-state index is 1.22. The van der Waals surface area contributed by atoms with Gasteiger partial charge in [0.2, 0.25) is 0 Å². The van der Waals surface area contributed by atoms with Crippen LogP contribution in [0.15, 0.2) is 60.8 Å². The molecule has 0 unspecified atom stereocenters. The predicted octanol–water partition coefficient (Wildman–Crippen LogP) is 10.6. The third-order valence-corrected chi connectivity index (χ3v) is 6.04. The molecule has 0 amide bonds. The molecule has 0 aromatic carbocycles. The molecule has 0 heteroatoms. The molecule has 0 saturated carbocycles. The number of hydrogen-bond donors (Lipinski definition) is 0. The minimum Gasteiger partial charge on any atom is -0.0845 e. The highest BCUT2D eigenvalue weighted by Crippen LogP contribution is 2.15. The molecule has 0 atom stereocenters. The maximum absolute atomic E-state index is 2.31. The van der Waals surface area contributed by atoms with Gasteiger partial charge in [-0.25, -0.2) is 0 Å². The average molecular weight is 411 g/mol. The monoisotopic (exact) mass is 410 g/mol. The van der Waals surface area contributed by atoms with E-state index >= 15 is 0 Å². The summed E-state index contributed by atoms with van der Waals surface area (Å²) in [5, 5.41) is 0.